The molecule has 0 bridgehead atoms. The number of imidazole rings is 1. The normalized spacial score (nSPS) is 22.2. The van der Waals surface area contributed by atoms with Crippen LogP contribution in [0.5, 0.6) is 0 Å². The number of alkyl halides is 1. The van der Waals surface area contributed by atoms with Crippen molar-refractivity contribution in [3.63, 3.8) is 0 Å². The Labute approximate surface area is 122 Å². The summed E-state index contributed by atoms with van der Waals surface area (Å²) < 4.78 is 7.77. The lowest BCUT2D eigenvalue weighted by atomic mass is 10.1. The Hall–Kier alpha value is -1.57. The van der Waals surface area contributed by atoms with E-state index in [1.165, 1.54) is 0 Å². The van der Waals surface area contributed by atoms with Crippen molar-refractivity contribution in [1.29, 1.82) is 5.26 Å². The smallest absolute Gasteiger partial charge is 0.125 e. The molecule has 0 N–H and O–H groups in total. The van der Waals surface area contributed by atoms with Crippen LogP contribution in [0.4, 0.5) is 0 Å². The zero-order chi connectivity index (χ0) is 14.1. The topological polar surface area (TPSA) is 50.8 Å². The molecule has 3 rings (SSSR count). The number of hydrogen-bond donors (Lipinski definition) is 0. The van der Waals surface area contributed by atoms with Crippen molar-refractivity contribution in [2.24, 2.45) is 0 Å². The van der Waals surface area contributed by atoms with Gasteiger partial charge in [0, 0.05) is 7.11 Å². The second kappa shape index (κ2) is 5.43. The van der Waals surface area contributed by atoms with Gasteiger partial charge < -0.3 is 9.30 Å². The highest BCUT2D eigenvalue weighted by Crippen LogP contribution is 2.36. The predicted molar refractivity (Wildman–Crippen MR) is 77.7 cm³/mol. The number of halogens is 1. The minimum Gasteiger partial charge on any atom is -0.379 e. The summed E-state index contributed by atoms with van der Waals surface area (Å²) in [4.78, 5) is 4.57. The minimum atomic E-state index is 0.195. The summed E-state index contributed by atoms with van der Waals surface area (Å²) in [7, 11) is 1.75. The van der Waals surface area contributed by atoms with Gasteiger partial charge in [0.05, 0.1) is 29.1 Å². The lowest BCUT2D eigenvalue weighted by Crippen LogP contribution is -2.22. The molecule has 1 aliphatic carbocycles. The summed E-state index contributed by atoms with van der Waals surface area (Å²) in [5.74, 6) is 1.16. The zero-order valence-corrected chi connectivity index (χ0v) is 12.1. The van der Waals surface area contributed by atoms with Crippen molar-refractivity contribution in [3.05, 3.63) is 29.6 Å². The maximum absolute atomic E-state index is 9.22. The van der Waals surface area contributed by atoms with Crippen molar-refractivity contribution in [1.82, 2.24) is 9.55 Å². The summed E-state index contributed by atoms with van der Waals surface area (Å²) in [6.07, 6.45) is 3.45. The van der Waals surface area contributed by atoms with Crippen LogP contribution in [0.1, 0.15) is 36.7 Å². The zero-order valence-electron chi connectivity index (χ0n) is 11.3. The third-order valence-corrected chi connectivity index (χ3v) is 4.32. The van der Waals surface area contributed by atoms with Gasteiger partial charge in [-0.15, -0.1) is 11.6 Å². The van der Waals surface area contributed by atoms with Crippen LogP contribution in [-0.4, -0.2) is 22.8 Å². The predicted octanol–water partition coefficient (Wildman–Crippen LogP) is 3.39. The summed E-state index contributed by atoms with van der Waals surface area (Å²) >= 11 is 6.06. The molecule has 0 spiro atoms. The van der Waals surface area contributed by atoms with E-state index in [9.17, 15) is 5.26 Å². The average molecular weight is 290 g/mol. The van der Waals surface area contributed by atoms with Crippen LogP contribution in [0, 0.1) is 11.3 Å². The molecule has 2 unspecified atom stereocenters. The number of nitrogens with zero attached hydrogens (tertiary/aromatic N) is 3. The maximum Gasteiger partial charge on any atom is 0.125 e. The van der Waals surface area contributed by atoms with Gasteiger partial charge in [0.2, 0.25) is 0 Å². The third-order valence-electron chi connectivity index (χ3n) is 4.09. The summed E-state index contributed by atoms with van der Waals surface area (Å²) in [6.45, 7) is 0. The highest BCUT2D eigenvalue weighted by Gasteiger charge is 2.31. The van der Waals surface area contributed by atoms with Crippen LogP contribution in [-0.2, 0) is 10.6 Å². The molecular weight excluding hydrogens is 274 g/mol. The average Bonchev–Trinajstić information content (AvgIpc) is 3.09. The first kappa shape index (κ1) is 13.4. The van der Waals surface area contributed by atoms with E-state index in [0.717, 1.165) is 36.1 Å². The van der Waals surface area contributed by atoms with Crippen molar-refractivity contribution in [2.45, 2.75) is 37.3 Å². The molecule has 2 atom stereocenters. The second-order valence-corrected chi connectivity index (χ2v) is 5.36. The van der Waals surface area contributed by atoms with Gasteiger partial charge in [-0.05, 0) is 31.4 Å². The number of ether oxygens (including phenoxy) is 1. The molecule has 1 aliphatic rings. The number of para-hydroxylation sites is 1. The van der Waals surface area contributed by atoms with Crippen molar-refractivity contribution < 1.29 is 4.74 Å². The highest BCUT2D eigenvalue weighted by molar-refractivity contribution is 6.16. The summed E-state index contributed by atoms with van der Waals surface area (Å²) in [5, 5.41) is 9.22. The largest absolute Gasteiger partial charge is 0.379 e. The molecule has 5 heteroatoms. The molecule has 0 radical (unpaired) electrons. The van der Waals surface area contributed by atoms with Gasteiger partial charge in [0.1, 0.15) is 17.4 Å². The van der Waals surface area contributed by atoms with Gasteiger partial charge in [-0.1, -0.05) is 6.07 Å². The highest BCUT2D eigenvalue weighted by atomic mass is 35.5. The first-order chi connectivity index (χ1) is 9.80. The van der Waals surface area contributed by atoms with Crippen LogP contribution < -0.4 is 0 Å². The number of fused-ring (bicyclic) bond motifs is 1. The quantitative estimate of drug-likeness (QED) is 0.814. The van der Waals surface area contributed by atoms with Gasteiger partial charge in [-0.25, -0.2) is 4.98 Å². The fourth-order valence-electron chi connectivity index (χ4n) is 3.20. The monoisotopic (exact) mass is 289 g/mol. The molecule has 1 fully saturated rings. The van der Waals surface area contributed by atoms with E-state index in [-0.39, 0.29) is 12.1 Å². The second-order valence-electron chi connectivity index (χ2n) is 5.09. The van der Waals surface area contributed by atoms with E-state index in [1.807, 2.05) is 12.1 Å². The van der Waals surface area contributed by atoms with Crippen LogP contribution >= 0.6 is 11.6 Å². The molecule has 1 saturated carbocycles. The van der Waals surface area contributed by atoms with Crippen molar-refractivity contribution >= 4 is 22.6 Å². The van der Waals surface area contributed by atoms with Crippen LogP contribution in [0.2, 0.25) is 0 Å². The fourth-order valence-corrected chi connectivity index (χ4v) is 3.39. The molecule has 1 aromatic carbocycles. The fraction of sp³-hybridized carbons (Fsp3) is 0.467. The Morgan fingerprint density at radius 2 is 2.35 bits per heavy atom. The first-order valence-electron chi connectivity index (χ1n) is 6.78. The lowest BCUT2D eigenvalue weighted by molar-refractivity contribution is 0.0755. The number of methoxy groups -OCH3 is 1. The van der Waals surface area contributed by atoms with Gasteiger partial charge in [-0.2, -0.15) is 5.26 Å². The number of aromatic nitrogens is 2. The molecule has 0 saturated heterocycles. The third kappa shape index (κ3) is 1.98. The summed E-state index contributed by atoms with van der Waals surface area (Å²) in [6, 6.07) is 8.15. The molecule has 0 aliphatic heterocycles. The van der Waals surface area contributed by atoms with Crippen LogP contribution in [0.25, 0.3) is 11.0 Å². The Kier molecular flexibility index (Phi) is 3.64. The van der Waals surface area contributed by atoms with E-state index in [2.05, 4.69) is 15.6 Å². The van der Waals surface area contributed by atoms with Crippen molar-refractivity contribution in [2.75, 3.05) is 7.11 Å². The Bertz CT molecular complexity index is 674. The first-order valence-corrected chi connectivity index (χ1v) is 7.32. The SMILES string of the molecule is COC1CCCC1n1c(CCl)nc2c(C#N)cccc21. The van der Waals surface area contributed by atoms with E-state index < -0.39 is 0 Å². The molecular formula is C15H16ClN3O. The van der Waals surface area contributed by atoms with Gasteiger partial charge in [-0.3, -0.25) is 0 Å². The molecule has 4 nitrogen and oxygen atoms in total. The molecule has 1 aromatic heterocycles. The van der Waals surface area contributed by atoms with E-state index in [1.54, 1.807) is 13.2 Å². The summed E-state index contributed by atoms with van der Waals surface area (Å²) in [5.41, 5.74) is 2.32. The lowest BCUT2D eigenvalue weighted by Gasteiger charge is -2.22. The Morgan fingerprint density at radius 1 is 1.50 bits per heavy atom. The van der Waals surface area contributed by atoms with Gasteiger partial charge in [0.25, 0.3) is 0 Å². The van der Waals surface area contributed by atoms with Gasteiger partial charge >= 0.3 is 0 Å². The van der Waals surface area contributed by atoms with E-state index in [4.69, 9.17) is 16.3 Å². The number of rotatable bonds is 3. The standard InChI is InChI=1S/C15H16ClN3O/c1-20-13-7-3-5-11(13)19-12-6-2-4-10(9-17)15(12)18-14(19)8-16/h2,4,6,11,13H,3,5,7-8H2,1H3. The molecule has 0 amide bonds. The molecule has 1 heterocycles. The Morgan fingerprint density at radius 3 is 3.05 bits per heavy atom. The number of nitriles is 1. The number of benzene rings is 1. The molecule has 2 aromatic rings. The minimum absolute atomic E-state index is 0.195. The maximum atomic E-state index is 9.22. The molecule has 20 heavy (non-hydrogen) atoms. The molecule has 104 valence electrons. The van der Waals surface area contributed by atoms with Crippen molar-refractivity contribution in [3.8, 4) is 6.07 Å². The van der Waals surface area contributed by atoms with Gasteiger partial charge in [0.15, 0.2) is 0 Å². The van der Waals surface area contributed by atoms with E-state index >= 15 is 0 Å². The van der Waals surface area contributed by atoms with E-state index in [0.29, 0.717) is 11.4 Å². The Balaban J connectivity index is 2.21. The number of hydrogen-bond acceptors (Lipinski definition) is 3. The van der Waals surface area contributed by atoms with Crippen LogP contribution in [0.3, 0.4) is 0 Å². The van der Waals surface area contributed by atoms with Crippen LogP contribution in [0.15, 0.2) is 18.2 Å².